The number of hydrogen-bond donors (Lipinski definition) is 1. The van der Waals surface area contributed by atoms with Crippen molar-refractivity contribution in [1.82, 2.24) is 25.0 Å². The summed E-state index contributed by atoms with van der Waals surface area (Å²) in [5, 5.41) is 17.0. The number of nitrogens with one attached hydrogen (secondary N) is 1. The number of halogens is 3. The van der Waals surface area contributed by atoms with E-state index in [0.29, 0.717) is 31.6 Å². The Morgan fingerprint density at radius 2 is 1.90 bits per heavy atom. The molecule has 0 unspecified atom stereocenters. The SMILES string of the molecule is CN1CC[C@@H](NC(=O)C2(c3ccc(-c4ccnn4C)nc3)CCN(c3ccc(C(F)(F)F)cc3C#N)CC2)C1. The summed E-state index contributed by atoms with van der Waals surface area (Å²) in [6.07, 6.45) is 0.656. The van der Waals surface area contributed by atoms with Crippen molar-refractivity contribution in [2.45, 2.75) is 36.9 Å². The molecule has 1 N–H and O–H groups in total. The van der Waals surface area contributed by atoms with Gasteiger partial charge in [0.25, 0.3) is 0 Å². The number of nitriles is 1. The number of aryl methyl sites for hydroxylation is 1. The highest BCUT2D eigenvalue weighted by Gasteiger charge is 2.44. The highest BCUT2D eigenvalue weighted by molar-refractivity contribution is 5.89. The van der Waals surface area contributed by atoms with Crippen molar-refractivity contribution in [2.75, 3.05) is 38.1 Å². The van der Waals surface area contributed by atoms with Gasteiger partial charge in [0.05, 0.1) is 33.6 Å². The van der Waals surface area contributed by atoms with Crippen LogP contribution in [0.15, 0.2) is 48.8 Å². The minimum Gasteiger partial charge on any atom is -0.370 e. The van der Waals surface area contributed by atoms with Crippen molar-refractivity contribution in [1.29, 1.82) is 5.26 Å². The standard InChI is InChI=1S/C28H30F3N7O/c1-36-12-8-22(18-36)35-26(39)27(21-3-5-23(33-17-21)25-7-11-34-37(25)2)9-13-38(14-10-27)24-6-4-20(28(29,30)31)15-19(24)16-32/h3-7,11,15,17,22H,8-10,12-14,18H2,1-2H3,(H,35,39)/t22-/m1/s1. The molecule has 39 heavy (non-hydrogen) atoms. The van der Waals surface area contributed by atoms with Gasteiger partial charge >= 0.3 is 6.18 Å². The van der Waals surface area contributed by atoms with Crippen molar-refractivity contribution < 1.29 is 18.0 Å². The molecular formula is C28H30F3N7O. The van der Waals surface area contributed by atoms with Crippen LogP contribution in [0, 0.1) is 11.3 Å². The van der Waals surface area contributed by atoms with Gasteiger partial charge < -0.3 is 15.1 Å². The Hall–Kier alpha value is -3.91. The summed E-state index contributed by atoms with van der Waals surface area (Å²) >= 11 is 0. The van der Waals surface area contributed by atoms with Gasteiger partial charge in [0, 0.05) is 45.1 Å². The lowest BCUT2D eigenvalue weighted by Crippen LogP contribution is -2.54. The number of pyridine rings is 1. The van der Waals surface area contributed by atoms with E-state index >= 15 is 0 Å². The molecule has 2 aromatic heterocycles. The first-order valence-electron chi connectivity index (χ1n) is 12.9. The predicted octanol–water partition coefficient (Wildman–Crippen LogP) is 3.73. The summed E-state index contributed by atoms with van der Waals surface area (Å²) in [5.74, 6) is -0.0644. The second-order valence-electron chi connectivity index (χ2n) is 10.4. The van der Waals surface area contributed by atoms with Gasteiger partial charge in [-0.2, -0.15) is 23.5 Å². The van der Waals surface area contributed by atoms with Gasteiger partial charge in [-0.25, -0.2) is 0 Å². The van der Waals surface area contributed by atoms with Crippen LogP contribution < -0.4 is 10.2 Å². The molecule has 0 radical (unpaired) electrons. The van der Waals surface area contributed by atoms with Crippen LogP contribution in [0.3, 0.4) is 0 Å². The normalized spacial score (nSPS) is 19.6. The predicted molar refractivity (Wildman–Crippen MR) is 140 cm³/mol. The Bertz CT molecular complexity index is 1390. The first kappa shape index (κ1) is 26.7. The Morgan fingerprint density at radius 3 is 2.46 bits per heavy atom. The highest BCUT2D eigenvalue weighted by atomic mass is 19.4. The molecule has 1 aromatic carbocycles. The molecule has 0 bridgehead atoms. The molecule has 0 saturated carbocycles. The molecule has 2 aliphatic heterocycles. The lowest BCUT2D eigenvalue weighted by atomic mass is 9.72. The van der Waals surface area contributed by atoms with Crippen molar-refractivity contribution in [3.05, 3.63) is 65.5 Å². The number of likely N-dealkylation sites (N-methyl/N-ethyl adjacent to an activating group) is 1. The molecule has 8 nitrogen and oxygen atoms in total. The number of alkyl halides is 3. The van der Waals surface area contributed by atoms with E-state index in [1.807, 2.05) is 43.3 Å². The van der Waals surface area contributed by atoms with E-state index in [-0.39, 0.29) is 17.5 Å². The van der Waals surface area contributed by atoms with Gasteiger partial charge in [-0.3, -0.25) is 14.5 Å². The quantitative estimate of drug-likeness (QED) is 0.534. The fourth-order valence-corrected chi connectivity index (χ4v) is 5.68. The number of carbonyl (C=O) groups is 1. The van der Waals surface area contributed by atoms with Crippen LogP contribution in [0.5, 0.6) is 0 Å². The zero-order valence-corrected chi connectivity index (χ0v) is 21.9. The molecule has 1 amide bonds. The van der Waals surface area contributed by atoms with Crippen LogP contribution in [0.25, 0.3) is 11.4 Å². The second kappa shape index (κ2) is 10.3. The van der Waals surface area contributed by atoms with E-state index in [1.54, 1.807) is 17.1 Å². The Kier molecular flexibility index (Phi) is 7.07. The lowest BCUT2D eigenvalue weighted by molar-refractivity contribution is -0.137. The molecule has 5 rings (SSSR count). The summed E-state index contributed by atoms with van der Waals surface area (Å²) in [6, 6.07) is 10.9. The van der Waals surface area contributed by atoms with Gasteiger partial charge in [-0.1, -0.05) is 6.07 Å². The average Bonchev–Trinajstić information content (AvgIpc) is 3.55. The zero-order chi connectivity index (χ0) is 27.8. The van der Waals surface area contributed by atoms with Crippen LogP contribution in [0.4, 0.5) is 18.9 Å². The van der Waals surface area contributed by atoms with Crippen molar-refractivity contribution in [3.8, 4) is 17.5 Å². The first-order valence-corrected chi connectivity index (χ1v) is 12.9. The number of likely N-dealkylation sites (tertiary alicyclic amines) is 1. The first-order chi connectivity index (χ1) is 18.6. The maximum absolute atomic E-state index is 13.9. The third-order valence-corrected chi connectivity index (χ3v) is 7.96. The van der Waals surface area contributed by atoms with Crippen LogP contribution in [-0.2, 0) is 23.4 Å². The molecule has 4 heterocycles. The fraction of sp³-hybridized carbons (Fsp3) is 0.429. The van der Waals surface area contributed by atoms with E-state index in [9.17, 15) is 23.2 Å². The smallest absolute Gasteiger partial charge is 0.370 e. The maximum atomic E-state index is 13.9. The second-order valence-corrected chi connectivity index (χ2v) is 10.4. The molecule has 0 aliphatic carbocycles. The van der Waals surface area contributed by atoms with Crippen molar-refractivity contribution in [2.24, 2.45) is 7.05 Å². The number of hydrogen-bond acceptors (Lipinski definition) is 6. The minimum absolute atomic E-state index is 0.0297. The van der Waals surface area contributed by atoms with Gasteiger partial charge in [0.1, 0.15) is 6.07 Å². The van der Waals surface area contributed by atoms with E-state index < -0.39 is 17.2 Å². The molecular weight excluding hydrogens is 507 g/mol. The molecule has 204 valence electrons. The van der Waals surface area contributed by atoms with Crippen molar-refractivity contribution in [3.63, 3.8) is 0 Å². The summed E-state index contributed by atoms with van der Waals surface area (Å²) in [5.41, 5.74) is 1.11. The summed E-state index contributed by atoms with van der Waals surface area (Å²) in [6.45, 7) is 2.50. The van der Waals surface area contributed by atoms with E-state index in [0.717, 1.165) is 48.6 Å². The third kappa shape index (κ3) is 5.21. The van der Waals surface area contributed by atoms with E-state index in [1.165, 1.54) is 6.07 Å². The molecule has 3 aromatic rings. The summed E-state index contributed by atoms with van der Waals surface area (Å²) < 4.78 is 41.4. The molecule has 2 saturated heterocycles. The number of amides is 1. The van der Waals surface area contributed by atoms with Gasteiger partial charge in [-0.15, -0.1) is 0 Å². The third-order valence-electron chi connectivity index (χ3n) is 7.96. The zero-order valence-electron chi connectivity index (χ0n) is 21.9. The monoisotopic (exact) mass is 537 g/mol. The highest BCUT2D eigenvalue weighted by Crippen LogP contribution is 2.40. The number of anilines is 1. The average molecular weight is 538 g/mol. The number of carbonyl (C=O) groups excluding carboxylic acids is 1. The van der Waals surface area contributed by atoms with E-state index in [2.05, 4.69) is 20.3 Å². The molecule has 11 heteroatoms. The fourth-order valence-electron chi connectivity index (χ4n) is 5.68. The number of piperidine rings is 1. The van der Waals surface area contributed by atoms with Crippen molar-refractivity contribution >= 4 is 11.6 Å². The summed E-state index contributed by atoms with van der Waals surface area (Å²) in [7, 11) is 3.86. The topological polar surface area (TPSA) is 90.1 Å². The molecule has 0 spiro atoms. The largest absolute Gasteiger partial charge is 0.416 e. The van der Waals surface area contributed by atoms with E-state index in [4.69, 9.17) is 0 Å². The minimum atomic E-state index is -4.53. The summed E-state index contributed by atoms with van der Waals surface area (Å²) in [4.78, 5) is 22.6. The molecule has 1 atom stereocenters. The number of rotatable bonds is 5. The molecule has 2 fully saturated rings. The lowest BCUT2D eigenvalue weighted by Gasteiger charge is -2.42. The van der Waals surface area contributed by atoms with Crippen LogP contribution in [0.2, 0.25) is 0 Å². The Morgan fingerprint density at radius 1 is 1.13 bits per heavy atom. The Balaban J connectivity index is 1.43. The van der Waals surface area contributed by atoms with Gasteiger partial charge in [-0.05, 0) is 68.8 Å². The van der Waals surface area contributed by atoms with Crippen LogP contribution in [-0.4, -0.2) is 64.8 Å². The number of benzene rings is 1. The van der Waals surface area contributed by atoms with Crippen LogP contribution in [0.1, 0.15) is 36.0 Å². The molecule has 2 aliphatic rings. The van der Waals surface area contributed by atoms with Crippen LogP contribution >= 0.6 is 0 Å². The maximum Gasteiger partial charge on any atom is 0.416 e. The number of nitrogens with zero attached hydrogens (tertiary/aromatic N) is 6. The van der Waals surface area contributed by atoms with Gasteiger partial charge in [0.2, 0.25) is 5.91 Å². The van der Waals surface area contributed by atoms with Gasteiger partial charge in [0.15, 0.2) is 0 Å². The Labute approximate surface area is 225 Å². The number of aromatic nitrogens is 3.